The quantitative estimate of drug-likeness (QED) is 0.764. The molecule has 22 heavy (non-hydrogen) atoms. The van der Waals surface area contributed by atoms with Crippen molar-refractivity contribution in [1.82, 2.24) is 9.78 Å². The molecular formula is C14H13N3O4S. The Morgan fingerprint density at radius 2 is 1.82 bits per heavy atom. The van der Waals surface area contributed by atoms with Gasteiger partial charge in [-0.05, 0) is 38.1 Å². The van der Waals surface area contributed by atoms with Crippen LogP contribution in [0.4, 0.5) is 0 Å². The molecule has 0 saturated heterocycles. The van der Waals surface area contributed by atoms with Gasteiger partial charge in [0.2, 0.25) is 15.7 Å². The van der Waals surface area contributed by atoms with E-state index in [0.29, 0.717) is 28.2 Å². The fraction of sp³-hybridized carbons (Fsp3) is 0.143. The number of sulfonamides is 1. The maximum Gasteiger partial charge on any atom is 0.238 e. The van der Waals surface area contributed by atoms with Crippen LogP contribution in [0.15, 0.2) is 44.4 Å². The van der Waals surface area contributed by atoms with Gasteiger partial charge in [-0.1, -0.05) is 0 Å². The van der Waals surface area contributed by atoms with E-state index in [-0.39, 0.29) is 10.3 Å². The Kier molecular flexibility index (Phi) is 3.15. The van der Waals surface area contributed by atoms with Gasteiger partial charge < -0.3 is 4.42 Å². The first kappa shape index (κ1) is 14.5. The highest BCUT2D eigenvalue weighted by Crippen LogP contribution is 2.21. The number of rotatable bonds is 2. The molecule has 7 nitrogen and oxygen atoms in total. The lowest BCUT2D eigenvalue weighted by atomic mass is 10.2. The first-order valence-electron chi connectivity index (χ1n) is 6.41. The van der Waals surface area contributed by atoms with Crippen LogP contribution >= 0.6 is 0 Å². The maximum atomic E-state index is 12.0. The van der Waals surface area contributed by atoms with E-state index in [9.17, 15) is 13.2 Å². The maximum absolute atomic E-state index is 12.0. The molecule has 1 aromatic carbocycles. The topological polar surface area (TPSA) is 108 Å². The van der Waals surface area contributed by atoms with Crippen molar-refractivity contribution < 1.29 is 12.8 Å². The van der Waals surface area contributed by atoms with Crippen molar-refractivity contribution in [3.63, 3.8) is 0 Å². The molecule has 3 aromatic rings. The van der Waals surface area contributed by atoms with Crippen molar-refractivity contribution in [3.8, 4) is 5.69 Å². The van der Waals surface area contributed by atoms with Crippen molar-refractivity contribution in [1.29, 1.82) is 0 Å². The van der Waals surface area contributed by atoms with Gasteiger partial charge in [0.15, 0.2) is 5.43 Å². The molecule has 0 aliphatic heterocycles. The minimum absolute atomic E-state index is 0.00191. The summed E-state index contributed by atoms with van der Waals surface area (Å²) < 4.78 is 29.6. The fourth-order valence-corrected chi connectivity index (χ4v) is 2.79. The Bertz CT molecular complexity index is 1030. The van der Waals surface area contributed by atoms with Crippen LogP contribution in [-0.4, -0.2) is 18.2 Å². The number of aromatic nitrogens is 2. The minimum atomic E-state index is -3.76. The standard InChI is InChI=1S/C14H13N3O4S/c1-8-7-12(18)13-9(2)16-17(14(13)21-8)10-3-5-11(6-4-10)22(15,19)20/h3-7H,1-2H3,(H2,15,19,20). The molecule has 0 atom stereocenters. The summed E-state index contributed by atoms with van der Waals surface area (Å²) in [6, 6.07) is 7.26. The molecule has 0 saturated carbocycles. The Labute approximate surface area is 126 Å². The van der Waals surface area contributed by atoms with Crippen LogP contribution in [-0.2, 0) is 10.0 Å². The smallest absolute Gasteiger partial charge is 0.238 e. The predicted molar refractivity (Wildman–Crippen MR) is 80.5 cm³/mol. The summed E-state index contributed by atoms with van der Waals surface area (Å²) >= 11 is 0. The van der Waals surface area contributed by atoms with Crippen LogP contribution in [0.25, 0.3) is 16.8 Å². The number of nitrogens with zero attached hydrogens (tertiary/aromatic N) is 2. The monoisotopic (exact) mass is 319 g/mol. The molecule has 0 unspecified atom stereocenters. The van der Waals surface area contributed by atoms with E-state index in [2.05, 4.69) is 5.10 Å². The molecule has 3 rings (SSSR count). The van der Waals surface area contributed by atoms with Gasteiger partial charge in [0.25, 0.3) is 0 Å². The molecule has 2 heterocycles. The zero-order valence-electron chi connectivity index (χ0n) is 11.9. The van der Waals surface area contributed by atoms with Gasteiger partial charge >= 0.3 is 0 Å². The van der Waals surface area contributed by atoms with Crippen molar-refractivity contribution >= 4 is 21.1 Å². The molecule has 2 aromatic heterocycles. The molecule has 0 radical (unpaired) electrons. The fourth-order valence-electron chi connectivity index (χ4n) is 2.27. The number of primary sulfonamides is 1. The van der Waals surface area contributed by atoms with Crippen LogP contribution in [0.1, 0.15) is 11.5 Å². The second kappa shape index (κ2) is 4.79. The molecule has 0 spiro atoms. The highest BCUT2D eigenvalue weighted by atomic mass is 32.2. The van der Waals surface area contributed by atoms with E-state index >= 15 is 0 Å². The average molecular weight is 319 g/mol. The summed E-state index contributed by atoms with van der Waals surface area (Å²) in [5.74, 6) is 0.472. The number of aryl methyl sites for hydroxylation is 2. The van der Waals surface area contributed by atoms with E-state index in [0.717, 1.165) is 0 Å². The highest BCUT2D eigenvalue weighted by molar-refractivity contribution is 7.89. The van der Waals surface area contributed by atoms with Crippen molar-refractivity contribution in [2.75, 3.05) is 0 Å². The summed E-state index contributed by atoms with van der Waals surface area (Å²) in [6.45, 7) is 3.39. The van der Waals surface area contributed by atoms with Crippen LogP contribution in [0, 0.1) is 13.8 Å². The van der Waals surface area contributed by atoms with Crippen LogP contribution in [0.3, 0.4) is 0 Å². The second-order valence-corrected chi connectivity index (χ2v) is 6.50. The summed E-state index contributed by atoms with van der Waals surface area (Å²) in [5, 5.41) is 9.77. The summed E-state index contributed by atoms with van der Waals surface area (Å²) in [4.78, 5) is 12.0. The van der Waals surface area contributed by atoms with E-state index in [1.807, 2.05) is 0 Å². The molecule has 0 fully saturated rings. The third-order valence-corrected chi connectivity index (χ3v) is 4.20. The van der Waals surface area contributed by atoms with E-state index in [1.54, 1.807) is 26.0 Å². The first-order chi connectivity index (χ1) is 10.3. The molecule has 0 aliphatic rings. The van der Waals surface area contributed by atoms with Gasteiger partial charge in [-0.3, -0.25) is 4.79 Å². The van der Waals surface area contributed by atoms with E-state index in [4.69, 9.17) is 9.56 Å². The van der Waals surface area contributed by atoms with Crippen LogP contribution < -0.4 is 10.6 Å². The molecule has 0 aliphatic carbocycles. The molecular weight excluding hydrogens is 306 g/mol. The highest BCUT2D eigenvalue weighted by Gasteiger charge is 2.16. The second-order valence-electron chi connectivity index (χ2n) is 4.94. The molecule has 8 heteroatoms. The number of hydrogen-bond donors (Lipinski definition) is 1. The Hall–Kier alpha value is -2.45. The summed E-state index contributed by atoms with van der Waals surface area (Å²) in [6.07, 6.45) is 0. The van der Waals surface area contributed by atoms with Gasteiger partial charge in [0, 0.05) is 6.07 Å². The summed E-state index contributed by atoms with van der Waals surface area (Å²) in [7, 11) is -3.76. The summed E-state index contributed by atoms with van der Waals surface area (Å²) in [5.41, 5.74) is 1.27. The molecule has 114 valence electrons. The van der Waals surface area contributed by atoms with Gasteiger partial charge in [0.1, 0.15) is 11.1 Å². The third kappa shape index (κ3) is 2.32. The molecule has 0 bridgehead atoms. The number of benzene rings is 1. The first-order valence-corrected chi connectivity index (χ1v) is 7.95. The average Bonchev–Trinajstić information content (AvgIpc) is 2.75. The number of nitrogens with two attached hydrogens (primary N) is 1. The lowest BCUT2D eigenvalue weighted by Crippen LogP contribution is -2.12. The lowest BCUT2D eigenvalue weighted by molar-refractivity contribution is 0.539. The molecule has 2 N–H and O–H groups in total. The van der Waals surface area contributed by atoms with Crippen molar-refractivity contribution in [2.45, 2.75) is 18.7 Å². The van der Waals surface area contributed by atoms with Gasteiger partial charge in [-0.25, -0.2) is 13.6 Å². The minimum Gasteiger partial charge on any atom is -0.443 e. The van der Waals surface area contributed by atoms with Crippen LogP contribution in [0.2, 0.25) is 0 Å². The van der Waals surface area contributed by atoms with Gasteiger partial charge in [-0.2, -0.15) is 9.78 Å². The van der Waals surface area contributed by atoms with Gasteiger partial charge in [0.05, 0.1) is 16.3 Å². The largest absolute Gasteiger partial charge is 0.443 e. The lowest BCUT2D eigenvalue weighted by Gasteiger charge is -2.04. The van der Waals surface area contributed by atoms with Crippen molar-refractivity contribution in [2.24, 2.45) is 5.14 Å². The van der Waals surface area contributed by atoms with Crippen LogP contribution in [0.5, 0.6) is 0 Å². The van der Waals surface area contributed by atoms with Gasteiger partial charge in [-0.15, -0.1) is 0 Å². The van der Waals surface area contributed by atoms with E-state index in [1.165, 1.54) is 22.9 Å². The Morgan fingerprint density at radius 1 is 1.18 bits per heavy atom. The normalized spacial score (nSPS) is 12.0. The zero-order chi connectivity index (χ0) is 16.1. The Morgan fingerprint density at radius 3 is 2.41 bits per heavy atom. The predicted octanol–water partition coefficient (Wildman–Crippen LogP) is 1.24. The number of fused-ring (bicyclic) bond motifs is 1. The molecule has 0 amide bonds. The SMILES string of the molecule is Cc1cc(=O)c2c(C)nn(-c3ccc(S(N)(=O)=O)cc3)c2o1. The van der Waals surface area contributed by atoms with E-state index < -0.39 is 10.0 Å². The number of hydrogen-bond acceptors (Lipinski definition) is 5. The third-order valence-electron chi connectivity index (χ3n) is 3.27. The van der Waals surface area contributed by atoms with Crippen molar-refractivity contribution in [3.05, 3.63) is 52.0 Å². The zero-order valence-corrected chi connectivity index (χ0v) is 12.7. The Balaban J connectivity index is 2.25.